The number of furan rings is 1. The smallest absolute Gasteiger partial charge is 0.290 e. The van der Waals surface area contributed by atoms with Crippen molar-refractivity contribution in [1.82, 2.24) is 4.90 Å². The van der Waals surface area contributed by atoms with Gasteiger partial charge in [0.15, 0.2) is 5.76 Å². The molecule has 1 amide bonds. The van der Waals surface area contributed by atoms with Crippen molar-refractivity contribution in [3.05, 3.63) is 58.3 Å². The molecule has 1 aliphatic carbocycles. The number of nitrogens with zero attached hydrogens (tertiary/aromatic N) is 1. The number of amides is 1. The molecule has 0 spiro atoms. The fraction of sp³-hybridized carbons (Fsp3) is 0.312. The van der Waals surface area contributed by atoms with Crippen molar-refractivity contribution in [2.75, 3.05) is 0 Å². The third kappa shape index (κ3) is 2.95. The van der Waals surface area contributed by atoms with Crippen LogP contribution in [0.15, 0.2) is 34.7 Å². The van der Waals surface area contributed by atoms with Crippen LogP contribution < -0.4 is 0 Å². The molecule has 1 heterocycles. The van der Waals surface area contributed by atoms with Gasteiger partial charge in [-0.05, 0) is 44.0 Å². The Morgan fingerprint density at radius 1 is 1.38 bits per heavy atom. The van der Waals surface area contributed by atoms with Crippen LogP contribution in [0.5, 0.6) is 0 Å². The molecule has 3 nitrogen and oxygen atoms in total. The summed E-state index contributed by atoms with van der Waals surface area (Å²) in [4.78, 5) is 14.2. The normalized spacial score (nSPS) is 14.2. The molecule has 0 saturated heterocycles. The Labute approximate surface area is 127 Å². The number of aryl methyl sites for hydroxylation is 1. The van der Waals surface area contributed by atoms with Gasteiger partial charge in [-0.15, -0.1) is 0 Å². The maximum atomic E-state index is 13.9. The Hall–Kier alpha value is -1.81. The van der Waals surface area contributed by atoms with E-state index in [1.165, 1.54) is 6.07 Å². The number of benzene rings is 1. The molecule has 1 fully saturated rings. The van der Waals surface area contributed by atoms with E-state index in [2.05, 4.69) is 0 Å². The zero-order valence-electron chi connectivity index (χ0n) is 11.6. The molecule has 1 aliphatic rings. The number of halogens is 2. The van der Waals surface area contributed by atoms with Crippen LogP contribution in [0.2, 0.25) is 5.02 Å². The average molecular weight is 308 g/mol. The van der Waals surface area contributed by atoms with Gasteiger partial charge in [-0.3, -0.25) is 4.79 Å². The van der Waals surface area contributed by atoms with Crippen molar-refractivity contribution in [2.24, 2.45) is 0 Å². The number of hydrogen-bond acceptors (Lipinski definition) is 2. The standard InChI is InChI=1S/C16H15ClFNO2/c1-10-5-8-15(21-10)16(20)19(11-6-7-11)9-12-13(17)3-2-4-14(12)18/h2-5,8,11H,6-7,9H2,1H3. The molecular formula is C16H15ClFNO2. The second-order valence-electron chi connectivity index (χ2n) is 5.27. The molecule has 0 radical (unpaired) electrons. The minimum absolute atomic E-state index is 0.138. The maximum Gasteiger partial charge on any atom is 0.290 e. The zero-order valence-corrected chi connectivity index (χ0v) is 12.4. The molecule has 5 heteroatoms. The van der Waals surface area contributed by atoms with Gasteiger partial charge in [0.2, 0.25) is 0 Å². The Balaban J connectivity index is 1.87. The van der Waals surface area contributed by atoms with Crippen LogP contribution in [-0.4, -0.2) is 16.8 Å². The van der Waals surface area contributed by atoms with Gasteiger partial charge in [0, 0.05) is 16.6 Å². The highest BCUT2D eigenvalue weighted by Gasteiger charge is 2.35. The van der Waals surface area contributed by atoms with E-state index in [1.54, 1.807) is 36.1 Å². The van der Waals surface area contributed by atoms with Gasteiger partial charge >= 0.3 is 0 Å². The first-order valence-corrected chi connectivity index (χ1v) is 7.24. The summed E-state index contributed by atoms with van der Waals surface area (Å²) in [5, 5.41) is 0.337. The maximum absolute atomic E-state index is 13.9. The summed E-state index contributed by atoms with van der Waals surface area (Å²) < 4.78 is 19.3. The van der Waals surface area contributed by atoms with Gasteiger partial charge < -0.3 is 9.32 Å². The number of hydrogen-bond donors (Lipinski definition) is 0. The first kappa shape index (κ1) is 14.1. The first-order valence-electron chi connectivity index (χ1n) is 6.86. The zero-order chi connectivity index (χ0) is 15.0. The van der Waals surface area contributed by atoms with Crippen LogP contribution in [-0.2, 0) is 6.54 Å². The second-order valence-corrected chi connectivity index (χ2v) is 5.68. The molecule has 2 aromatic rings. The lowest BCUT2D eigenvalue weighted by Gasteiger charge is -2.22. The van der Waals surface area contributed by atoms with Gasteiger partial charge in [-0.2, -0.15) is 0 Å². The molecule has 110 valence electrons. The predicted molar refractivity (Wildman–Crippen MR) is 77.8 cm³/mol. The molecule has 0 unspecified atom stereocenters. The average Bonchev–Trinajstić information content (AvgIpc) is 3.19. The lowest BCUT2D eigenvalue weighted by atomic mass is 10.2. The van der Waals surface area contributed by atoms with Gasteiger partial charge in [0.25, 0.3) is 5.91 Å². The molecule has 1 aromatic heterocycles. The van der Waals surface area contributed by atoms with Gasteiger partial charge in [0.05, 0.1) is 6.54 Å². The van der Waals surface area contributed by atoms with Crippen molar-refractivity contribution in [2.45, 2.75) is 32.4 Å². The van der Waals surface area contributed by atoms with E-state index < -0.39 is 5.82 Å². The summed E-state index contributed by atoms with van der Waals surface area (Å²) in [7, 11) is 0. The molecule has 1 aromatic carbocycles. The van der Waals surface area contributed by atoms with Crippen LogP contribution in [0.3, 0.4) is 0 Å². The number of carbonyl (C=O) groups is 1. The van der Waals surface area contributed by atoms with Gasteiger partial charge in [-0.25, -0.2) is 4.39 Å². The van der Waals surface area contributed by atoms with Crippen molar-refractivity contribution >= 4 is 17.5 Å². The Kier molecular flexibility index (Phi) is 3.72. The van der Waals surface area contributed by atoms with E-state index in [1.807, 2.05) is 0 Å². The third-order valence-corrected chi connectivity index (χ3v) is 3.94. The summed E-state index contributed by atoms with van der Waals surface area (Å²) >= 11 is 6.05. The highest BCUT2D eigenvalue weighted by Crippen LogP contribution is 2.32. The topological polar surface area (TPSA) is 33.5 Å². The number of carbonyl (C=O) groups excluding carboxylic acids is 1. The second kappa shape index (κ2) is 5.53. The van der Waals surface area contributed by atoms with Crippen molar-refractivity contribution < 1.29 is 13.6 Å². The van der Waals surface area contributed by atoms with Crippen LogP contribution in [0.1, 0.15) is 34.7 Å². The van der Waals surface area contributed by atoms with E-state index in [9.17, 15) is 9.18 Å². The molecule has 21 heavy (non-hydrogen) atoms. The monoisotopic (exact) mass is 307 g/mol. The van der Waals surface area contributed by atoms with E-state index >= 15 is 0 Å². The third-order valence-electron chi connectivity index (χ3n) is 3.59. The Bertz CT molecular complexity index is 658. The minimum Gasteiger partial charge on any atom is -0.456 e. The van der Waals surface area contributed by atoms with Crippen LogP contribution in [0.4, 0.5) is 4.39 Å². The molecule has 0 atom stereocenters. The summed E-state index contributed by atoms with van der Waals surface area (Å²) in [6.45, 7) is 1.95. The molecular weight excluding hydrogens is 293 g/mol. The molecule has 0 aliphatic heterocycles. The number of rotatable bonds is 4. The van der Waals surface area contributed by atoms with Crippen molar-refractivity contribution in [3.63, 3.8) is 0 Å². The highest BCUT2D eigenvalue weighted by atomic mass is 35.5. The van der Waals surface area contributed by atoms with Gasteiger partial charge in [-0.1, -0.05) is 17.7 Å². The van der Waals surface area contributed by atoms with E-state index in [0.29, 0.717) is 16.3 Å². The van der Waals surface area contributed by atoms with Crippen molar-refractivity contribution in [1.29, 1.82) is 0 Å². The Morgan fingerprint density at radius 3 is 2.71 bits per heavy atom. The fourth-order valence-corrected chi connectivity index (χ4v) is 2.52. The molecule has 3 rings (SSSR count). The summed E-state index contributed by atoms with van der Waals surface area (Å²) in [5.41, 5.74) is 0.350. The molecule has 1 saturated carbocycles. The predicted octanol–water partition coefficient (Wildman–Crippen LogP) is 4.19. The summed E-state index contributed by atoms with van der Waals surface area (Å²) in [6, 6.07) is 8.07. The molecule has 0 N–H and O–H groups in total. The van der Waals surface area contributed by atoms with E-state index in [4.69, 9.17) is 16.0 Å². The highest BCUT2D eigenvalue weighted by molar-refractivity contribution is 6.31. The summed E-state index contributed by atoms with van der Waals surface area (Å²) in [5.74, 6) is 0.353. The quantitative estimate of drug-likeness (QED) is 0.849. The van der Waals surface area contributed by atoms with Crippen LogP contribution in [0.25, 0.3) is 0 Å². The largest absolute Gasteiger partial charge is 0.456 e. The van der Waals surface area contributed by atoms with E-state index in [-0.39, 0.29) is 24.3 Å². The van der Waals surface area contributed by atoms with Crippen molar-refractivity contribution in [3.8, 4) is 0 Å². The lowest BCUT2D eigenvalue weighted by Crippen LogP contribution is -2.32. The van der Waals surface area contributed by atoms with Crippen LogP contribution >= 0.6 is 11.6 Å². The fourth-order valence-electron chi connectivity index (χ4n) is 2.30. The van der Waals surface area contributed by atoms with Gasteiger partial charge in [0.1, 0.15) is 11.6 Å². The summed E-state index contributed by atoms with van der Waals surface area (Å²) in [6.07, 6.45) is 1.86. The van der Waals surface area contributed by atoms with E-state index in [0.717, 1.165) is 12.8 Å². The molecule has 0 bridgehead atoms. The van der Waals surface area contributed by atoms with Crippen LogP contribution in [0, 0.1) is 12.7 Å². The SMILES string of the molecule is Cc1ccc(C(=O)N(Cc2c(F)cccc2Cl)C2CC2)o1. The Morgan fingerprint density at radius 2 is 2.14 bits per heavy atom. The lowest BCUT2D eigenvalue weighted by molar-refractivity contribution is 0.0694. The minimum atomic E-state index is -0.392. The first-order chi connectivity index (χ1) is 10.1.